The van der Waals surface area contributed by atoms with E-state index in [1.54, 1.807) is 30.3 Å². The molecule has 0 saturated carbocycles. The molecule has 1 amide bonds. The van der Waals surface area contributed by atoms with E-state index in [2.05, 4.69) is 5.32 Å². The molecule has 0 aliphatic carbocycles. The van der Waals surface area contributed by atoms with Crippen LogP contribution in [0.5, 0.6) is 5.75 Å². The van der Waals surface area contributed by atoms with Crippen molar-refractivity contribution in [1.82, 2.24) is 0 Å². The standard InChI is InChI=1S/C23H21NO3/c1-3-27-23-14-11-17-7-4-5-10-20(17)21(23)12-13-22(26)18-8-6-9-19(15-18)24-16(2)25/h4-15H,3H2,1-2H3,(H,24,25)/b13-12+. The van der Waals surface area contributed by atoms with Crippen molar-refractivity contribution in [2.24, 2.45) is 0 Å². The third kappa shape index (κ3) is 4.42. The van der Waals surface area contributed by atoms with Crippen molar-refractivity contribution in [2.75, 3.05) is 11.9 Å². The van der Waals surface area contributed by atoms with E-state index >= 15 is 0 Å². The van der Waals surface area contributed by atoms with Crippen molar-refractivity contribution in [1.29, 1.82) is 0 Å². The van der Waals surface area contributed by atoms with Gasteiger partial charge in [-0.2, -0.15) is 0 Å². The van der Waals surface area contributed by atoms with Crippen LogP contribution in [-0.4, -0.2) is 18.3 Å². The monoisotopic (exact) mass is 359 g/mol. The lowest BCUT2D eigenvalue weighted by molar-refractivity contribution is -0.114. The SMILES string of the molecule is CCOc1ccc2ccccc2c1/C=C/C(=O)c1cccc(NC(C)=O)c1. The van der Waals surface area contributed by atoms with Crippen LogP contribution in [0.25, 0.3) is 16.8 Å². The fourth-order valence-corrected chi connectivity index (χ4v) is 2.94. The fourth-order valence-electron chi connectivity index (χ4n) is 2.94. The van der Waals surface area contributed by atoms with Gasteiger partial charge < -0.3 is 10.1 Å². The van der Waals surface area contributed by atoms with Crippen LogP contribution in [-0.2, 0) is 4.79 Å². The molecule has 0 fully saturated rings. The summed E-state index contributed by atoms with van der Waals surface area (Å²) in [5, 5.41) is 4.80. The highest BCUT2D eigenvalue weighted by molar-refractivity contribution is 6.09. The Morgan fingerprint density at radius 1 is 1.04 bits per heavy atom. The maximum atomic E-state index is 12.6. The zero-order valence-electron chi connectivity index (χ0n) is 15.4. The van der Waals surface area contributed by atoms with E-state index < -0.39 is 0 Å². The number of allylic oxidation sites excluding steroid dienone is 1. The third-order valence-corrected chi connectivity index (χ3v) is 4.10. The summed E-state index contributed by atoms with van der Waals surface area (Å²) >= 11 is 0. The van der Waals surface area contributed by atoms with E-state index in [-0.39, 0.29) is 11.7 Å². The van der Waals surface area contributed by atoms with E-state index in [0.717, 1.165) is 22.1 Å². The quantitative estimate of drug-likeness (QED) is 0.492. The van der Waals surface area contributed by atoms with Crippen LogP contribution in [0.3, 0.4) is 0 Å². The molecule has 3 rings (SSSR count). The van der Waals surface area contributed by atoms with Crippen LogP contribution in [0, 0.1) is 0 Å². The molecule has 4 heteroatoms. The summed E-state index contributed by atoms with van der Waals surface area (Å²) in [6.07, 6.45) is 3.33. The van der Waals surface area contributed by atoms with E-state index in [9.17, 15) is 9.59 Å². The molecule has 0 radical (unpaired) electrons. The molecule has 3 aromatic rings. The van der Waals surface area contributed by atoms with Crippen LogP contribution in [0.1, 0.15) is 29.8 Å². The number of ether oxygens (including phenoxy) is 1. The average molecular weight is 359 g/mol. The van der Waals surface area contributed by atoms with Gasteiger partial charge in [-0.3, -0.25) is 9.59 Å². The van der Waals surface area contributed by atoms with Gasteiger partial charge in [-0.1, -0.05) is 42.5 Å². The van der Waals surface area contributed by atoms with Gasteiger partial charge in [-0.25, -0.2) is 0 Å². The molecule has 136 valence electrons. The molecule has 3 aromatic carbocycles. The second-order valence-corrected chi connectivity index (χ2v) is 6.09. The molecule has 0 aromatic heterocycles. The van der Waals surface area contributed by atoms with Gasteiger partial charge in [0.1, 0.15) is 5.75 Å². The number of carbonyl (C=O) groups is 2. The minimum Gasteiger partial charge on any atom is -0.493 e. The summed E-state index contributed by atoms with van der Waals surface area (Å²) in [4.78, 5) is 23.8. The molecule has 0 atom stereocenters. The van der Waals surface area contributed by atoms with Gasteiger partial charge in [0, 0.05) is 23.7 Å². The number of hydrogen-bond donors (Lipinski definition) is 1. The second-order valence-electron chi connectivity index (χ2n) is 6.09. The number of anilines is 1. The van der Waals surface area contributed by atoms with Crippen LogP contribution >= 0.6 is 0 Å². The molecule has 0 unspecified atom stereocenters. The Balaban J connectivity index is 1.94. The van der Waals surface area contributed by atoms with E-state index in [4.69, 9.17) is 4.74 Å². The molecular formula is C23H21NO3. The molecule has 0 heterocycles. The van der Waals surface area contributed by atoms with Gasteiger partial charge in [-0.15, -0.1) is 0 Å². The van der Waals surface area contributed by atoms with E-state index in [0.29, 0.717) is 17.9 Å². The van der Waals surface area contributed by atoms with Gasteiger partial charge in [0.2, 0.25) is 5.91 Å². The maximum Gasteiger partial charge on any atom is 0.221 e. The first kappa shape index (κ1) is 18.4. The van der Waals surface area contributed by atoms with Gasteiger partial charge in [0.15, 0.2) is 5.78 Å². The first-order valence-electron chi connectivity index (χ1n) is 8.83. The molecular weight excluding hydrogens is 338 g/mol. The van der Waals surface area contributed by atoms with Gasteiger partial charge >= 0.3 is 0 Å². The summed E-state index contributed by atoms with van der Waals surface area (Å²) in [7, 11) is 0. The van der Waals surface area contributed by atoms with Crippen molar-refractivity contribution < 1.29 is 14.3 Å². The molecule has 0 aliphatic heterocycles. The highest BCUT2D eigenvalue weighted by Gasteiger charge is 2.08. The number of hydrogen-bond acceptors (Lipinski definition) is 3. The molecule has 4 nitrogen and oxygen atoms in total. The Hall–Kier alpha value is -3.40. The number of amides is 1. The molecule has 0 bridgehead atoms. The van der Waals surface area contributed by atoms with E-state index in [1.165, 1.54) is 13.0 Å². The van der Waals surface area contributed by atoms with E-state index in [1.807, 2.05) is 43.3 Å². The van der Waals surface area contributed by atoms with Crippen LogP contribution in [0.4, 0.5) is 5.69 Å². The summed E-state index contributed by atoms with van der Waals surface area (Å²) < 4.78 is 5.74. The topological polar surface area (TPSA) is 55.4 Å². The van der Waals surface area contributed by atoms with Crippen molar-refractivity contribution >= 4 is 34.2 Å². The number of fused-ring (bicyclic) bond motifs is 1. The number of ketones is 1. The Morgan fingerprint density at radius 2 is 1.85 bits per heavy atom. The normalized spacial score (nSPS) is 10.9. The molecule has 0 spiro atoms. The second kappa shape index (κ2) is 8.32. The van der Waals surface area contributed by atoms with Gasteiger partial charge in [0.05, 0.1) is 6.61 Å². The summed E-state index contributed by atoms with van der Waals surface area (Å²) in [5.74, 6) is 0.428. The first-order valence-corrected chi connectivity index (χ1v) is 8.83. The maximum absolute atomic E-state index is 12.6. The predicted octanol–water partition coefficient (Wildman–Crippen LogP) is 5.09. The highest BCUT2D eigenvalue weighted by atomic mass is 16.5. The zero-order valence-corrected chi connectivity index (χ0v) is 15.4. The van der Waals surface area contributed by atoms with Gasteiger partial charge in [0.25, 0.3) is 0 Å². The van der Waals surface area contributed by atoms with Crippen molar-refractivity contribution in [3.63, 3.8) is 0 Å². The van der Waals surface area contributed by atoms with Crippen molar-refractivity contribution in [2.45, 2.75) is 13.8 Å². The molecule has 0 aliphatic rings. The highest BCUT2D eigenvalue weighted by Crippen LogP contribution is 2.29. The minimum absolute atomic E-state index is 0.141. The summed E-state index contributed by atoms with van der Waals surface area (Å²) in [5.41, 5.74) is 1.99. The lowest BCUT2D eigenvalue weighted by Crippen LogP contribution is -2.06. The Bertz CT molecular complexity index is 1020. The van der Waals surface area contributed by atoms with Crippen molar-refractivity contribution in [3.8, 4) is 5.75 Å². The smallest absolute Gasteiger partial charge is 0.221 e. The first-order chi connectivity index (χ1) is 13.1. The Morgan fingerprint density at radius 3 is 2.63 bits per heavy atom. The third-order valence-electron chi connectivity index (χ3n) is 4.10. The van der Waals surface area contributed by atoms with Gasteiger partial charge in [-0.05, 0) is 48.0 Å². The summed E-state index contributed by atoms with van der Waals surface area (Å²) in [6.45, 7) is 3.91. The number of nitrogens with one attached hydrogen (secondary N) is 1. The average Bonchev–Trinajstić information content (AvgIpc) is 2.66. The Labute approximate surface area is 158 Å². The number of rotatable bonds is 6. The fraction of sp³-hybridized carbons (Fsp3) is 0.130. The van der Waals surface area contributed by atoms with Crippen molar-refractivity contribution in [3.05, 3.63) is 77.9 Å². The minimum atomic E-state index is -0.174. The zero-order chi connectivity index (χ0) is 19.2. The van der Waals surface area contributed by atoms with Crippen LogP contribution in [0.15, 0.2) is 66.7 Å². The van der Waals surface area contributed by atoms with Crippen LogP contribution in [0.2, 0.25) is 0 Å². The molecule has 0 saturated heterocycles. The van der Waals surface area contributed by atoms with Crippen LogP contribution < -0.4 is 10.1 Å². The Kier molecular flexibility index (Phi) is 5.67. The predicted molar refractivity (Wildman–Crippen MR) is 109 cm³/mol. The lowest BCUT2D eigenvalue weighted by atomic mass is 10.0. The molecule has 27 heavy (non-hydrogen) atoms. The number of carbonyl (C=O) groups excluding carboxylic acids is 2. The summed E-state index contributed by atoms with van der Waals surface area (Å²) in [6, 6.07) is 18.8. The molecule has 1 N–H and O–H groups in total. The number of benzene rings is 3. The largest absolute Gasteiger partial charge is 0.493 e. The lowest BCUT2D eigenvalue weighted by Gasteiger charge is -2.10.